The van der Waals surface area contributed by atoms with Crippen LogP contribution in [0.4, 0.5) is 8.78 Å². The number of alkyl halides is 2. The number of aryl methyl sites for hydroxylation is 2. The van der Waals surface area contributed by atoms with Gasteiger partial charge in [-0.25, -0.2) is 4.79 Å². The second-order valence-corrected chi connectivity index (χ2v) is 9.50. The van der Waals surface area contributed by atoms with Crippen molar-refractivity contribution in [3.05, 3.63) is 69.9 Å². The molecule has 0 radical (unpaired) electrons. The molecule has 33 heavy (non-hydrogen) atoms. The van der Waals surface area contributed by atoms with Gasteiger partial charge in [-0.1, -0.05) is 48.9 Å². The van der Waals surface area contributed by atoms with Crippen LogP contribution in [-0.2, 0) is 17.6 Å². The van der Waals surface area contributed by atoms with Crippen molar-refractivity contribution in [1.82, 2.24) is 4.90 Å². The number of hydrogen-bond donors (Lipinski definition) is 2. The smallest absolute Gasteiger partial charge is 0.345 e. The summed E-state index contributed by atoms with van der Waals surface area (Å²) in [4.78, 5) is 25.4. The molecule has 2 atom stereocenters. The standard InChI is InChI=1S/C25H29F2NO4S/c26-25(27)17-19(12-13-20(29)10-5-4-9-18-7-2-1-3-8-18)28(24(25)32)16-6-11-21-14-15-22(33-21)23(30)31/h1-3,7-8,12-15,19-20,29H,4-6,9-11,16-17H2,(H,30,31)/b13-12+/t19?,20-/m0/s1. The van der Waals surface area contributed by atoms with Gasteiger partial charge in [-0.3, -0.25) is 4.79 Å². The summed E-state index contributed by atoms with van der Waals surface area (Å²) >= 11 is 1.15. The highest BCUT2D eigenvalue weighted by Crippen LogP contribution is 2.34. The van der Waals surface area contributed by atoms with Gasteiger partial charge in [-0.15, -0.1) is 11.3 Å². The Hall–Kier alpha value is -2.58. The number of carbonyl (C=O) groups excluding carboxylic acids is 1. The van der Waals surface area contributed by atoms with Crippen molar-refractivity contribution >= 4 is 23.2 Å². The molecular formula is C25H29F2NO4S. The summed E-state index contributed by atoms with van der Waals surface area (Å²) in [6, 6.07) is 12.5. The molecule has 3 rings (SSSR count). The van der Waals surface area contributed by atoms with Crippen LogP contribution in [0.2, 0.25) is 0 Å². The minimum atomic E-state index is -3.41. The number of carbonyl (C=O) groups is 2. The van der Waals surface area contributed by atoms with Crippen LogP contribution >= 0.6 is 11.3 Å². The summed E-state index contributed by atoms with van der Waals surface area (Å²) in [6.45, 7) is 0.150. The zero-order valence-electron chi connectivity index (χ0n) is 18.3. The maximum Gasteiger partial charge on any atom is 0.345 e. The van der Waals surface area contributed by atoms with E-state index < -0.39 is 36.4 Å². The lowest BCUT2D eigenvalue weighted by Gasteiger charge is -2.22. The van der Waals surface area contributed by atoms with E-state index in [1.54, 1.807) is 6.07 Å². The summed E-state index contributed by atoms with van der Waals surface area (Å²) in [5, 5.41) is 19.2. The Kier molecular flexibility index (Phi) is 8.74. The van der Waals surface area contributed by atoms with Crippen LogP contribution in [0.3, 0.4) is 0 Å². The number of aliphatic hydroxyl groups is 1. The van der Waals surface area contributed by atoms with E-state index in [2.05, 4.69) is 12.1 Å². The number of amides is 1. The van der Waals surface area contributed by atoms with Crippen LogP contribution in [-0.4, -0.2) is 51.6 Å². The van der Waals surface area contributed by atoms with Gasteiger partial charge in [0.25, 0.3) is 5.91 Å². The van der Waals surface area contributed by atoms with Gasteiger partial charge in [0.2, 0.25) is 0 Å². The van der Waals surface area contributed by atoms with E-state index in [1.165, 1.54) is 28.7 Å². The first kappa shape index (κ1) is 25.1. The monoisotopic (exact) mass is 477 g/mol. The van der Waals surface area contributed by atoms with Crippen molar-refractivity contribution < 1.29 is 28.6 Å². The van der Waals surface area contributed by atoms with E-state index in [-0.39, 0.29) is 11.4 Å². The summed E-state index contributed by atoms with van der Waals surface area (Å²) in [7, 11) is 0. The maximum atomic E-state index is 14.1. The topological polar surface area (TPSA) is 77.8 Å². The molecule has 1 amide bonds. The van der Waals surface area contributed by atoms with Gasteiger partial charge in [-0.2, -0.15) is 8.78 Å². The first-order chi connectivity index (χ1) is 15.8. The highest BCUT2D eigenvalue weighted by atomic mass is 32.1. The molecule has 1 fully saturated rings. The molecule has 2 N–H and O–H groups in total. The third kappa shape index (κ3) is 7.20. The molecule has 0 spiro atoms. The Morgan fingerprint density at radius 1 is 1.15 bits per heavy atom. The summed E-state index contributed by atoms with van der Waals surface area (Å²) in [5.74, 6) is -5.59. The number of nitrogens with zero attached hydrogens (tertiary/aromatic N) is 1. The van der Waals surface area contributed by atoms with Crippen LogP contribution < -0.4 is 0 Å². The van der Waals surface area contributed by atoms with Crippen molar-refractivity contribution in [2.24, 2.45) is 0 Å². The number of likely N-dealkylation sites (tertiary alicyclic amines) is 1. The average Bonchev–Trinajstić information content (AvgIpc) is 3.34. The second kappa shape index (κ2) is 11.5. The molecule has 2 heterocycles. The Morgan fingerprint density at radius 2 is 1.91 bits per heavy atom. The van der Waals surface area contributed by atoms with Gasteiger partial charge in [-0.05, 0) is 49.8 Å². The highest BCUT2D eigenvalue weighted by Gasteiger charge is 2.52. The Labute approximate surface area is 196 Å². The second-order valence-electron chi connectivity index (χ2n) is 8.33. The van der Waals surface area contributed by atoms with Gasteiger partial charge >= 0.3 is 11.9 Å². The normalized spacial score (nSPS) is 18.8. The van der Waals surface area contributed by atoms with Crippen molar-refractivity contribution in [3.63, 3.8) is 0 Å². The quantitative estimate of drug-likeness (QED) is 0.335. The van der Waals surface area contributed by atoms with Gasteiger partial charge in [0.15, 0.2) is 0 Å². The fourth-order valence-corrected chi connectivity index (χ4v) is 4.88. The minimum Gasteiger partial charge on any atom is -0.477 e. The number of rotatable bonds is 12. The molecule has 0 saturated carbocycles. The Balaban J connectivity index is 1.47. The molecule has 0 aliphatic carbocycles. The van der Waals surface area contributed by atoms with E-state index in [0.29, 0.717) is 19.3 Å². The average molecular weight is 478 g/mol. The minimum absolute atomic E-state index is 0.150. The molecule has 178 valence electrons. The molecule has 8 heteroatoms. The lowest BCUT2D eigenvalue weighted by Crippen LogP contribution is -2.36. The molecule has 2 aromatic rings. The lowest BCUT2D eigenvalue weighted by atomic mass is 10.0. The number of thiophene rings is 1. The van der Waals surface area contributed by atoms with Crippen molar-refractivity contribution in [2.45, 2.75) is 63.0 Å². The van der Waals surface area contributed by atoms with Crippen LogP contribution in [0.25, 0.3) is 0 Å². The van der Waals surface area contributed by atoms with E-state index >= 15 is 0 Å². The van der Waals surface area contributed by atoms with Gasteiger partial charge in [0.05, 0.1) is 12.1 Å². The zero-order chi connectivity index (χ0) is 23.8. The van der Waals surface area contributed by atoms with E-state index in [1.807, 2.05) is 18.2 Å². The van der Waals surface area contributed by atoms with Gasteiger partial charge in [0, 0.05) is 17.8 Å². The number of aromatic carboxylic acids is 1. The van der Waals surface area contributed by atoms with E-state index in [4.69, 9.17) is 5.11 Å². The third-order valence-electron chi connectivity index (χ3n) is 5.75. The molecule has 1 saturated heterocycles. The van der Waals surface area contributed by atoms with E-state index in [0.717, 1.165) is 35.5 Å². The molecule has 1 aromatic heterocycles. The summed E-state index contributed by atoms with van der Waals surface area (Å²) in [6.07, 6.45) is 5.86. The fourth-order valence-electron chi connectivity index (χ4n) is 3.99. The fraction of sp³-hybridized carbons (Fsp3) is 0.440. The largest absolute Gasteiger partial charge is 0.477 e. The van der Waals surface area contributed by atoms with Crippen molar-refractivity contribution in [2.75, 3.05) is 6.54 Å². The molecule has 0 bridgehead atoms. The highest BCUT2D eigenvalue weighted by molar-refractivity contribution is 7.13. The van der Waals surface area contributed by atoms with E-state index in [9.17, 15) is 23.5 Å². The van der Waals surface area contributed by atoms with Crippen LogP contribution in [0, 0.1) is 0 Å². The van der Waals surface area contributed by atoms with Crippen molar-refractivity contribution in [3.8, 4) is 0 Å². The van der Waals surface area contributed by atoms with Crippen LogP contribution in [0.15, 0.2) is 54.6 Å². The molecule has 5 nitrogen and oxygen atoms in total. The number of benzene rings is 1. The summed E-state index contributed by atoms with van der Waals surface area (Å²) in [5.41, 5.74) is 1.24. The maximum absolute atomic E-state index is 14.1. The number of carboxylic acid groups (broad SMARTS) is 1. The number of unbranched alkanes of at least 4 members (excludes halogenated alkanes) is 1. The molecule has 1 aliphatic rings. The first-order valence-corrected chi connectivity index (χ1v) is 12.0. The van der Waals surface area contributed by atoms with Gasteiger partial charge < -0.3 is 15.1 Å². The number of carboxylic acids is 1. The lowest BCUT2D eigenvalue weighted by molar-refractivity contribution is -0.148. The third-order valence-corrected chi connectivity index (χ3v) is 6.88. The predicted octanol–water partition coefficient (Wildman–Crippen LogP) is 4.95. The first-order valence-electron chi connectivity index (χ1n) is 11.2. The number of hydrogen-bond acceptors (Lipinski definition) is 4. The summed E-state index contributed by atoms with van der Waals surface area (Å²) < 4.78 is 28.1. The molecule has 1 aromatic carbocycles. The number of aliphatic hydroxyl groups excluding tert-OH is 1. The Morgan fingerprint density at radius 3 is 2.61 bits per heavy atom. The van der Waals surface area contributed by atoms with Crippen LogP contribution in [0.5, 0.6) is 0 Å². The molecule has 1 aliphatic heterocycles. The Bertz CT molecular complexity index is 960. The van der Waals surface area contributed by atoms with Gasteiger partial charge in [0.1, 0.15) is 4.88 Å². The number of halogens is 2. The molecular weight excluding hydrogens is 448 g/mol. The zero-order valence-corrected chi connectivity index (χ0v) is 19.1. The van der Waals surface area contributed by atoms with Crippen molar-refractivity contribution in [1.29, 1.82) is 0 Å². The predicted molar refractivity (Wildman–Crippen MR) is 124 cm³/mol. The SMILES string of the molecule is O=C(O)c1ccc(CCCN2C(=O)C(F)(F)CC2/C=C/[C@@H](O)CCCCc2ccccc2)s1. The van der Waals surface area contributed by atoms with Crippen LogP contribution in [0.1, 0.15) is 52.2 Å². The molecule has 1 unspecified atom stereocenters.